The molecular formula is C15H21N5O. The van der Waals surface area contributed by atoms with Crippen LogP contribution >= 0.6 is 0 Å². The van der Waals surface area contributed by atoms with Gasteiger partial charge < -0.3 is 16.0 Å². The molecule has 2 aromatic rings. The number of nitrogen functional groups attached to an aromatic ring is 1. The van der Waals surface area contributed by atoms with Crippen molar-refractivity contribution in [3.63, 3.8) is 0 Å². The molecule has 1 aromatic carbocycles. The fourth-order valence-corrected chi connectivity index (χ4v) is 2.16. The van der Waals surface area contributed by atoms with Gasteiger partial charge in [-0.2, -0.15) is 5.10 Å². The molecule has 0 aliphatic carbocycles. The van der Waals surface area contributed by atoms with Crippen LogP contribution in [-0.4, -0.2) is 34.7 Å². The van der Waals surface area contributed by atoms with Crippen LogP contribution in [-0.2, 0) is 13.5 Å². The maximum absolute atomic E-state index is 12.4. The summed E-state index contributed by atoms with van der Waals surface area (Å²) in [7, 11) is 5.22. The topological polar surface area (TPSA) is 76.2 Å². The summed E-state index contributed by atoms with van der Waals surface area (Å²) in [6, 6.07) is 7.47. The number of carbonyl (C=O) groups excluding carboxylic acids is 1. The smallest absolute Gasteiger partial charge is 0.273 e. The van der Waals surface area contributed by atoms with Gasteiger partial charge in [-0.1, -0.05) is 19.1 Å². The van der Waals surface area contributed by atoms with Gasteiger partial charge in [-0.25, -0.2) is 0 Å². The Balaban J connectivity index is 2.51. The Morgan fingerprint density at radius 3 is 2.62 bits per heavy atom. The first kappa shape index (κ1) is 14.9. The van der Waals surface area contributed by atoms with Crippen LogP contribution in [0.25, 0.3) is 0 Å². The molecule has 0 radical (unpaired) electrons. The van der Waals surface area contributed by atoms with E-state index in [1.54, 1.807) is 25.8 Å². The average Bonchev–Trinajstić information content (AvgIpc) is 2.76. The van der Waals surface area contributed by atoms with Gasteiger partial charge in [0.1, 0.15) is 5.69 Å². The molecule has 0 aliphatic heterocycles. The first-order valence-electron chi connectivity index (χ1n) is 6.84. The van der Waals surface area contributed by atoms with Gasteiger partial charge in [0.25, 0.3) is 5.91 Å². The Bertz CT molecular complexity index is 660. The highest BCUT2D eigenvalue weighted by Crippen LogP contribution is 2.28. The Labute approximate surface area is 124 Å². The zero-order valence-corrected chi connectivity index (χ0v) is 12.8. The Morgan fingerprint density at radius 1 is 1.38 bits per heavy atom. The van der Waals surface area contributed by atoms with Crippen molar-refractivity contribution in [2.75, 3.05) is 25.1 Å². The molecule has 0 fully saturated rings. The minimum Gasteiger partial charge on any atom is -0.397 e. The predicted octanol–water partition coefficient (Wildman–Crippen LogP) is 2.01. The number of nitrogens with two attached hydrogens (primary N) is 1. The second-order valence-corrected chi connectivity index (χ2v) is 5.06. The number of rotatable bonds is 4. The van der Waals surface area contributed by atoms with Gasteiger partial charge in [0.15, 0.2) is 0 Å². The molecule has 0 atom stereocenters. The number of carbonyl (C=O) groups is 1. The normalized spacial score (nSPS) is 10.5. The third-order valence-electron chi connectivity index (χ3n) is 3.28. The fraction of sp³-hybridized carbons (Fsp3) is 0.333. The number of nitrogens with one attached hydrogen (secondary N) is 1. The molecule has 0 aliphatic rings. The second-order valence-electron chi connectivity index (χ2n) is 5.06. The molecule has 0 saturated carbocycles. The van der Waals surface area contributed by atoms with Crippen molar-refractivity contribution < 1.29 is 4.79 Å². The van der Waals surface area contributed by atoms with Crippen LogP contribution in [0.4, 0.5) is 17.1 Å². The lowest BCUT2D eigenvalue weighted by Gasteiger charge is -2.14. The molecule has 6 heteroatoms. The van der Waals surface area contributed by atoms with E-state index in [0.29, 0.717) is 11.4 Å². The first-order valence-corrected chi connectivity index (χ1v) is 6.84. The maximum Gasteiger partial charge on any atom is 0.273 e. The van der Waals surface area contributed by atoms with E-state index >= 15 is 0 Å². The van der Waals surface area contributed by atoms with Crippen LogP contribution in [0.3, 0.4) is 0 Å². The molecule has 0 bridgehead atoms. The maximum atomic E-state index is 12.4. The lowest BCUT2D eigenvalue weighted by atomic mass is 10.2. The molecule has 2 rings (SSSR count). The van der Waals surface area contributed by atoms with E-state index in [2.05, 4.69) is 10.4 Å². The fourth-order valence-electron chi connectivity index (χ4n) is 2.16. The van der Waals surface area contributed by atoms with Gasteiger partial charge in [0.05, 0.1) is 22.8 Å². The molecule has 112 valence electrons. The summed E-state index contributed by atoms with van der Waals surface area (Å²) in [4.78, 5) is 13.9. The number of para-hydroxylation sites is 2. The number of hydrogen-bond donors (Lipinski definition) is 2. The highest BCUT2D eigenvalue weighted by molar-refractivity contribution is 5.99. The molecule has 1 heterocycles. The lowest BCUT2D eigenvalue weighted by molar-refractivity contribution is 0.0818. The second kappa shape index (κ2) is 5.87. The number of nitrogens with zero attached hydrogens (tertiary/aromatic N) is 3. The van der Waals surface area contributed by atoms with Gasteiger partial charge in [0, 0.05) is 21.1 Å². The summed E-state index contributed by atoms with van der Waals surface area (Å²) < 4.78 is 1.61. The van der Waals surface area contributed by atoms with Gasteiger partial charge >= 0.3 is 0 Å². The van der Waals surface area contributed by atoms with Crippen molar-refractivity contribution >= 4 is 23.0 Å². The highest BCUT2D eigenvalue weighted by atomic mass is 16.2. The number of amides is 1. The summed E-state index contributed by atoms with van der Waals surface area (Å²) in [5, 5.41) is 7.69. The molecule has 0 unspecified atom stereocenters. The molecular weight excluding hydrogens is 266 g/mol. The van der Waals surface area contributed by atoms with E-state index in [9.17, 15) is 4.79 Å². The summed E-state index contributed by atoms with van der Waals surface area (Å²) in [5.74, 6) is -0.0956. The molecule has 21 heavy (non-hydrogen) atoms. The van der Waals surface area contributed by atoms with Crippen LogP contribution in [0.1, 0.15) is 23.1 Å². The van der Waals surface area contributed by atoms with Gasteiger partial charge in [-0.15, -0.1) is 0 Å². The average molecular weight is 287 g/mol. The van der Waals surface area contributed by atoms with Crippen molar-refractivity contribution in [1.82, 2.24) is 14.7 Å². The van der Waals surface area contributed by atoms with E-state index in [-0.39, 0.29) is 5.91 Å². The van der Waals surface area contributed by atoms with Crippen molar-refractivity contribution in [1.29, 1.82) is 0 Å². The quantitative estimate of drug-likeness (QED) is 0.843. The minimum absolute atomic E-state index is 0.0956. The van der Waals surface area contributed by atoms with Gasteiger partial charge in [-0.3, -0.25) is 9.48 Å². The third kappa shape index (κ3) is 2.84. The van der Waals surface area contributed by atoms with E-state index < -0.39 is 0 Å². The predicted molar refractivity (Wildman–Crippen MR) is 84.7 cm³/mol. The van der Waals surface area contributed by atoms with Crippen molar-refractivity contribution in [3.8, 4) is 0 Å². The summed E-state index contributed by atoms with van der Waals surface area (Å²) in [6.45, 7) is 2.01. The van der Waals surface area contributed by atoms with E-state index in [4.69, 9.17) is 5.73 Å². The monoisotopic (exact) mass is 287 g/mol. The van der Waals surface area contributed by atoms with Crippen LogP contribution in [0.5, 0.6) is 0 Å². The van der Waals surface area contributed by atoms with E-state index in [1.165, 1.54) is 4.90 Å². The Kier molecular flexibility index (Phi) is 4.16. The number of anilines is 3. The molecule has 3 N–H and O–H groups in total. The molecule has 1 aromatic heterocycles. The Hall–Kier alpha value is -2.50. The van der Waals surface area contributed by atoms with Gasteiger partial charge in [-0.05, 0) is 18.6 Å². The molecule has 6 nitrogen and oxygen atoms in total. The van der Waals surface area contributed by atoms with Gasteiger partial charge in [0.2, 0.25) is 0 Å². The third-order valence-corrected chi connectivity index (χ3v) is 3.28. The van der Waals surface area contributed by atoms with Crippen LogP contribution in [0.2, 0.25) is 0 Å². The van der Waals surface area contributed by atoms with E-state index in [1.807, 2.05) is 31.2 Å². The Morgan fingerprint density at radius 2 is 2.05 bits per heavy atom. The number of hydrogen-bond acceptors (Lipinski definition) is 4. The number of benzene rings is 1. The zero-order chi connectivity index (χ0) is 15.6. The standard InChI is InChI=1S/C15H21N5O/c1-5-11-13(17-12-9-7-6-8-10(12)16)14(20(4)18-11)15(21)19(2)3/h6-9,17H,5,16H2,1-4H3. The van der Waals surface area contributed by atoms with Crippen molar-refractivity contribution in [2.45, 2.75) is 13.3 Å². The molecule has 0 spiro atoms. The highest BCUT2D eigenvalue weighted by Gasteiger charge is 2.23. The lowest BCUT2D eigenvalue weighted by Crippen LogP contribution is -2.25. The van der Waals surface area contributed by atoms with Crippen molar-refractivity contribution in [3.05, 3.63) is 35.7 Å². The summed E-state index contributed by atoms with van der Waals surface area (Å²) >= 11 is 0. The SMILES string of the molecule is CCc1nn(C)c(C(=O)N(C)C)c1Nc1ccccc1N. The molecule has 1 amide bonds. The number of aryl methyl sites for hydroxylation is 2. The summed E-state index contributed by atoms with van der Waals surface area (Å²) in [5.41, 5.74) is 9.46. The van der Waals surface area contributed by atoms with Crippen molar-refractivity contribution in [2.24, 2.45) is 7.05 Å². The number of aromatic nitrogens is 2. The molecule has 0 saturated heterocycles. The van der Waals surface area contributed by atoms with Crippen LogP contribution < -0.4 is 11.1 Å². The summed E-state index contributed by atoms with van der Waals surface area (Å²) in [6.07, 6.45) is 0.726. The minimum atomic E-state index is -0.0956. The largest absolute Gasteiger partial charge is 0.397 e. The van der Waals surface area contributed by atoms with E-state index in [0.717, 1.165) is 23.5 Å². The zero-order valence-electron chi connectivity index (χ0n) is 12.8. The first-order chi connectivity index (χ1) is 9.95. The van der Waals surface area contributed by atoms with Crippen LogP contribution in [0, 0.1) is 0 Å². The van der Waals surface area contributed by atoms with Crippen LogP contribution in [0.15, 0.2) is 24.3 Å².